The van der Waals surface area contributed by atoms with Gasteiger partial charge in [0.05, 0.1) is 12.7 Å². The lowest BCUT2D eigenvalue weighted by atomic mass is 9.85. The molecule has 5 fully saturated rings. The molecule has 60 heavy (non-hydrogen) atoms. The van der Waals surface area contributed by atoms with Gasteiger partial charge in [-0.2, -0.15) is 23.5 Å². The van der Waals surface area contributed by atoms with Crippen LogP contribution in [0.4, 0.5) is 0 Å². The Hall–Kier alpha value is -0.480. The van der Waals surface area contributed by atoms with Gasteiger partial charge in [0, 0.05) is 43.7 Å². The lowest BCUT2D eigenvalue weighted by Crippen LogP contribution is -2.32. The molecule has 1 aliphatic heterocycles. The van der Waals surface area contributed by atoms with Gasteiger partial charge >= 0.3 is 11.9 Å². The summed E-state index contributed by atoms with van der Waals surface area (Å²) < 4.78 is 25.9. The van der Waals surface area contributed by atoms with E-state index in [1.807, 2.05) is 23.5 Å². The van der Waals surface area contributed by atoms with E-state index in [0.29, 0.717) is 31.3 Å². The predicted molar refractivity (Wildman–Crippen MR) is 253 cm³/mol. The maximum absolute atomic E-state index is 13.0. The zero-order chi connectivity index (χ0) is 42.1. The molecule has 9 heteroatoms. The normalized spacial score (nSPS) is 25.1. The highest BCUT2D eigenvalue weighted by Gasteiger charge is 2.40. The third kappa shape index (κ3) is 20.1. The third-order valence-electron chi connectivity index (χ3n) is 14.9. The predicted octanol–water partition coefficient (Wildman–Crippen LogP) is 13.3. The Kier molecular flexibility index (Phi) is 25.1. The summed E-state index contributed by atoms with van der Waals surface area (Å²) in [4.78, 5) is 28.2. The second-order valence-corrected chi connectivity index (χ2v) is 22.6. The van der Waals surface area contributed by atoms with Crippen LogP contribution in [-0.4, -0.2) is 91.2 Å². The number of esters is 2. The zero-order valence-electron chi connectivity index (χ0n) is 38.8. The molecular formula is C51H91NO6S2. The van der Waals surface area contributed by atoms with Crippen LogP contribution >= 0.6 is 23.5 Å². The molecule has 0 radical (unpaired) electrons. The van der Waals surface area contributed by atoms with E-state index in [2.05, 4.69) is 19.0 Å². The average Bonchev–Trinajstić information content (AvgIpc) is 3.69. The Balaban J connectivity index is 0.982. The molecule has 5 rings (SSSR count). The van der Waals surface area contributed by atoms with Gasteiger partial charge in [0.25, 0.3) is 0 Å². The lowest BCUT2D eigenvalue weighted by Gasteiger charge is -2.30. The average molecular weight is 878 g/mol. The van der Waals surface area contributed by atoms with Crippen LogP contribution in [0.1, 0.15) is 212 Å². The van der Waals surface area contributed by atoms with Crippen molar-refractivity contribution in [3.63, 3.8) is 0 Å². The van der Waals surface area contributed by atoms with E-state index in [4.69, 9.17) is 18.9 Å². The van der Waals surface area contributed by atoms with Gasteiger partial charge in [-0.3, -0.25) is 9.59 Å². The molecule has 4 saturated carbocycles. The molecule has 0 N–H and O–H groups in total. The van der Waals surface area contributed by atoms with Crippen molar-refractivity contribution in [2.24, 2.45) is 23.7 Å². The quantitative estimate of drug-likeness (QED) is 0.0539. The summed E-state index contributed by atoms with van der Waals surface area (Å²) in [6.07, 6.45) is 39.5. The highest BCUT2D eigenvalue weighted by atomic mass is 32.2. The number of hydrogen-bond acceptors (Lipinski definition) is 9. The number of ether oxygens (including phenoxy) is 4. The summed E-state index contributed by atoms with van der Waals surface area (Å²) in [5.41, 5.74) is 0. The zero-order valence-corrected chi connectivity index (χ0v) is 40.5. The van der Waals surface area contributed by atoms with E-state index in [1.165, 1.54) is 154 Å². The first-order valence-electron chi connectivity index (χ1n) is 25.9. The van der Waals surface area contributed by atoms with Gasteiger partial charge in [-0.1, -0.05) is 116 Å². The van der Waals surface area contributed by atoms with Crippen LogP contribution in [0.5, 0.6) is 0 Å². The van der Waals surface area contributed by atoms with E-state index >= 15 is 0 Å². The van der Waals surface area contributed by atoms with Gasteiger partial charge in [-0.05, 0) is 120 Å². The molecule has 0 amide bonds. The Morgan fingerprint density at radius 2 is 1.02 bits per heavy atom. The van der Waals surface area contributed by atoms with Gasteiger partial charge in [-0.25, -0.2) is 0 Å². The van der Waals surface area contributed by atoms with Crippen LogP contribution < -0.4 is 0 Å². The van der Waals surface area contributed by atoms with Crippen LogP contribution in [-0.2, 0) is 28.5 Å². The highest BCUT2D eigenvalue weighted by Crippen LogP contribution is 2.37. The summed E-state index contributed by atoms with van der Waals surface area (Å²) in [5, 5.41) is 0. The van der Waals surface area contributed by atoms with Crippen LogP contribution in [0.15, 0.2) is 0 Å². The molecule has 0 bridgehead atoms. The molecule has 0 aromatic carbocycles. The molecule has 1 saturated heterocycles. The number of carbonyl (C=O) groups excluding carboxylic acids is 2. The Morgan fingerprint density at radius 1 is 0.583 bits per heavy atom. The smallest absolute Gasteiger partial charge is 0.306 e. The monoisotopic (exact) mass is 878 g/mol. The standard InChI is InChI=1S/C51H91NO6S2/c1-52(2)36-33-46-39-55-51(58-46,34-17-7-19-37-59-40-47(44-25-13-5-14-26-44)56-49(53)31-29-42-21-9-3-10-22-42)35-18-8-20-38-60-41-48(45-27-15-6-16-28-45)57-50(54)32-30-43-23-11-4-12-24-43/h42-48H,3-41H2,1-2H3. The van der Waals surface area contributed by atoms with Gasteiger partial charge < -0.3 is 23.8 Å². The molecule has 5 aliphatic rings. The molecule has 0 spiro atoms. The first kappa shape index (κ1) is 50.5. The largest absolute Gasteiger partial charge is 0.461 e. The highest BCUT2D eigenvalue weighted by molar-refractivity contribution is 7.99. The van der Waals surface area contributed by atoms with Crippen molar-refractivity contribution in [3.05, 3.63) is 0 Å². The summed E-state index contributed by atoms with van der Waals surface area (Å²) >= 11 is 4.01. The van der Waals surface area contributed by atoms with Crippen molar-refractivity contribution in [1.29, 1.82) is 0 Å². The van der Waals surface area contributed by atoms with Crippen molar-refractivity contribution in [3.8, 4) is 0 Å². The second-order valence-electron chi connectivity index (χ2n) is 20.3. The third-order valence-corrected chi connectivity index (χ3v) is 17.2. The maximum Gasteiger partial charge on any atom is 0.306 e. The van der Waals surface area contributed by atoms with Crippen molar-refractivity contribution >= 4 is 35.5 Å². The second kappa shape index (κ2) is 29.9. The van der Waals surface area contributed by atoms with E-state index in [1.54, 1.807) is 0 Å². The van der Waals surface area contributed by atoms with Gasteiger partial charge in [0.1, 0.15) is 12.2 Å². The number of hydrogen-bond donors (Lipinski definition) is 0. The molecule has 3 unspecified atom stereocenters. The van der Waals surface area contributed by atoms with Crippen molar-refractivity contribution in [2.75, 3.05) is 50.3 Å². The minimum Gasteiger partial charge on any atom is -0.461 e. The van der Waals surface area contributed by atoms with Gasteiger partial charge in [0.15, 0.2) is 5.79 Å². The van der Waals surface area contributed by atoms with Crippen LogP contribution in [0.3, 0.4) is 0 Å². The Labute approximate surface area is 377 Å². The molecule has 0 aromatic heterocycles. The Bertz CT molecular complexity index is 1060. The van der Waals surface area contributed by atoms with E-state index in [9.17, 15) is 9.59 Å². The minimum absolute atomic E-state index is 0.0576. The van der Waals surface area contributed by atoms with E-state index in [-0.39, 0.29) is 30.3 Å². The van der Waals surface area contributed by atoms with Gasteiger partial charge in [0.2, 0.25) is 0 Å². The van der Waals surface area contributed by atoms with E-state index in [0.717, 1.165) is 86.3 Å². The number of nitrogens with zero attached hydrogens (tertiary/aromatic N) is 1. The Morgan fingerprint density at radius 3 is 1.45 bits per heavy atom. The molecule has 1 heterocycles. The van der Waals surface area contributed by atoms with Crippen molar-refractivity contribution < 1.29 is 28.5 Å². The fourth-order valence-electron chi connectivity index (χ4n) is 11.1. The SMILES string of the molecule is CN(C)CCC1COC(CCCCCSCC(OC(=O)CCC2CCCCC2)C2CCCCC2)(CCCCCSCC(OC(=O)CCC2CCCCC2)C2CCCCC2)O1. The van der Waals surface area contributed by atoms with Gasteiger partial charge in [-0.15, -0.1) is 0 Å². The number of unbranched alkanes of at least 4 members (excludes halogenated alkanes) is 4. The van der Waals surface area contributed by atoms with Crippen molar-refractivity contribution in [2.45, 2.75) is 236 Å². The lowest BCUT2D eigenvalue weighted by molar-refractivity contribution is -0.180. The molecule has 4 aliphatic carbocycles. The topological polar surface area (TPSA) is 74.3 Å². The minimum atomic E-state index is -0.437. The summed E-state index contributed by atoms with van der Waals surface area (Å²) in [6.45, 7) is 1.73. The fraction of sp³-hybridized carbons (Fsp3) is 0.961. The molecule has 7 nitrogen and oxygen atoms in total. The van der Waals surface area contributed by atoms with Crippen molar-refractivity contribution in [1.82, 2.24) is 4.90 Å². The van der Waals surface area contributed by atoms with Crippen LogP contribution in [0.25, 0.3) is 0 Å². The van der Waals surface area contributed by atoms with Crippen LogP contribution in [0, 0.1) is 23.7 Å². The summed E-state index contributed by atoms with van der Waals surface area (Å²) in [6, 6.07) is 0. The first-order valence-corrected chi connectivity index (χ1v) is 28.2. The number of thioether (sulfide) groups is 2. The van der Waals surface area contributed by atoms with E-state index < -0.39 is 5.79 Å². The first-order chi connectivity index (χ1) is 29.4. The molecular weight excluding hydrogens is 787 g/mol. The molecule has 3 atom stereocenters. The molecule has 348 valence electrons. The summed E-state index contributed by atoms with van der Waals surface area (Å²) in [7, 11) is 4.27. The number of rotatable bonds is 29. The molecule has 0 aromatic rings. The fourth-order valence-corrected chi connectivity index (χ4v) is 13.4. The van der Waals surface area contributed by atoms with Crippen LogP contribution in [0.2, 0.25) is 0 Å². The number of carbonyl (C=O) groups is 2. The maximum atomic E-state index is 13.0. The summed E-state index contributed by atoms with van der Waals surface area (Å²) in [5.74, 6) is 6.39.